The number of rotatable bonds is 6. The highest BCUT2D eigenvalue weighted by atomic mass is 16.5. The van der Waals surface area contributed by atoms with E-state index in [-0.39, 0.29) is 18.9 Å². The van der Waals surface area contributed by atoms with E-state index in [1.165, 1.54) is 7.11 Å². The Morgan fingerprint density at radius 1 is 1.50 bits per heavy atom. The third-order valence-corrected chi connectivity index (χ3v) is 2.19. The second-order valence-corrected chi connectivity index (χ2v) is 3.64. The van der Waals surface area contributed by atoms with Crippen LogP contribution in [0.5, 0.6) is 0 Å². The minimum absolute atomic E-state index is 0.111. The summed E-state index contributed by atoms with van der Waals surface area (Å²) in [6, 6.07) is 0.592. The molecule has 18 heavy (non-hydrogen) atoms. The number of hydrogen-bond donors (Lipinski definition) is 4. The smallest absolute Gasteiger partial charge is 0.326 e. The minimum Gasteiger partial charge on any atom is -0.396 e. The molecule has 0 aliphatic heterocycles. The van der Waals surface area contributed by atoms with Crippen LogP contribution in [0.25, 0.3) is 0 Å². The summed E-state index contributed by atoms with van der Waals surface area (Å²) in [5, 5.41) is 11.4. The van der Waals surface area contributed by atoms with Gasteiger partial charge in [-0.1, -0.05) is 0 Å². The van der Waals surface area contributed by atoms with Crippen molar-refractivity contribution in [3.63, 3.8) is 0 Å². The molecule has 0 saturated carbocycles. The standard InChI is InChI=1S/C10H15N3O5/c1-18-5-6(2-3-14)11-9(16)7-4-8(15)13-10(17)12-7/h4,6,14H,2-3,5H2,1H3,(H,11,16)(H2,12,13,15,17). The first-order valence-electron chi connectivity index (χ1n) is 5.31. The lowest BCUT2D eigenvalue weighted by molar-refractivity contribution is 0.0873. The van der Waals surface area contributed by atoms with Gasteiger partial charge in [0.1, 0.15) is 5.69 Å². The van der Waals surface area contributed by atoms with Crippen molar-refractivity contribution >= 4 is 5.91 Å². The van der Waals surface area contributed by atoms with Crippen LogP contribution in [0, 0.1) is 0 Å². The molecule has 0 radical (unpaired) electrons. The molecular formula is C10H15N3O5. The van der Waals surface area contributed by atoms with Gasteiger partial charge in [-0.3, -0.25) is 14.6 Å². The first-order valence-corrected chi connectivity index (χ1v) is 5.31. The Labute approximate surface area is 102 Å². The number of aliphatic hydroxyl groups excluding tert-OH is 1. The van der Waals surface area contributed by atoms with E-state index in [0.717, 1.165) is 6.07 Å². The maximum absolute atomic E-state index is 11.7. The van der Waals surface area contributed by atoms with Crippen molar-refractivity contribution in [2.45, 2.75) is 12.5 Å². The normalized spacial score (nSPS) is 12.1. The highest BCUT2D eigenvalue weighted by Crippen LogP contribution is 1.95. The average molecular weight is 257 g/mol. The van der Waals surface area contributed by atoms with Gasteiger partial charge < -0.3 is 20.1 Å². The molecule has 8 nitrogen and oxygen atoms in total. The monoisotopic (exact) mass is 257 g/mol. The Morgan fingerprint density at radius 3 is 2.78 bits per heavy atom. The fraction of sp³-hybridized carbons (Fsp3) is 0.500. The molecule has 0 aromatic carbocycles. The molecule has 0 bridgehead atoms. The van der Waals surface area contributed by atoms with Crippen molar-refractivity contribution in [3.05, 3.63) is 32.6 Å². The number of amides is 1. The number of carbonyl (C=O) groups is 1. The van der Waals surface area contributed by atoms with Crippen molar-refractivity contribution in [2.75, 3.05) is 20.3 Å². The number of aliphatic hydroxyl groups is 1. The summed E-state index contributed by atoms with van der Waals surface area (Å²) in [6.45, 7) is 0.111. The second-order valence-electron chi connectivity index (χ2n) is 3.64. The summed E-state index contributed by atoms with van der Waals surface area (Å²) in [6.07, 6.45) is 0.313. The van der Waals surface area contributed by atoms with E-state index in [1.807, 2.05) is 4.98 Å². The Kier molecular flexibility index (Phi) is 5.28. The van der Waals surface area contributed by atoms with Gasteiger partial charge in [0, 0.05) is 19.8 Å². The van der Waals surface area contributed by atoms with Crippen LogP contribution >= 0.6 is 0 Å². The molecule has 1 heterocycles. The van der Waals surface area contributed by atoms with E-state index >= 15 is 0 Å². The molecule has 1 unspecified atom stereocenters. The molecule has 1 amide bonds. The molecule has 4 N–H and O–H groups in total. The van der Waals surface area contributed by atoms with Crippen LogP contribution in [0.3, 0.4) is 0 Å². The Balaban J connectivity index is 2.79. The van der Waals surface area contributed by atoms with Crippen LogP contribution in [0.15, 0.2) is 15.7 Å². The summed E-state index contributed by atoms with van der Waals surface area (Å²) in [5.74, 6) is -0.603. The number of hydrogen-bond acceptors (Lipinski definition) is 5. The number of aromatic amines is 2. The number of aromatic nitrogens is 2. The fourth-order valence-electron chi connectivity index (χ4n) is 1.41. The zero-order valence-corrected chi connectivity index (χ0v) is 9.86. The lowest BCUT2D eigenvalue weighted by Crippen LogP contribution is -2.40. The largest absolute Gasteiger partial charge is 0.396 e. The van der Waals surface area contributed by atoms with Gasteiger partial charge in [0.25, 0.3) is 11.5 Å². The number of nitrogens with one attached hydrogen (secondary N) is 3. The van der Waals surface area contributed by atoms with E-state index < -0.39 is 23.2 Å². The lowest BCUT2D eigenvalue weighted by atomic mass is 10.2. The van der Waals surface area contributed by atoms with E-state index in [9.17, 15) is 14.4 Å². The topological polar surface area (TPSA) is 124 Å². The highest BCUT2D eigenvalue weighted by molar-refractivity contribution is 5.92. The quantitative estimate of drug-likeness (QED) is 0.478. The van der Waals surface area contributed by atoms with E-state index in [2.05, 4.69) is 10.3 Å². The van der Waals surface area contributed by atoms with Gasteiger partial charge in [-0.25, -0.2) is 4.79 Å². The third kappa shape index (κ3) is 4.15. The summed E-state index contributed by atoms with van der Waals surface area (Å²) in [4.78, 5) is 37.9. The molecule has 8 heteroatoms. The van der Waals surface area contributed by atoms with E-state index in [0.29, 0.717) is 6.42 Å². The maximum Gasteiger partial charge on any atom is 0.326 e. The molecule has 1 rings (SSSR count). The predicted molar refractivity (Wildman–Crippen MR) is 62.5 cm³/mol. The van der Waals surface area contributed by atoms with Crippen LogP contribution in [0.4, 0.5) is 0 Å². The van der Waals surface area contributed by atoms with Gasteiger partial charge in [-0.2, -0.15) is 0 Å². The lowest BCUT2D eigenvalue weighted by Gasteiger charge is -2.16. The molecule has 0 aliphatic rings. The molecule has 0 fully saturated rings. The molecule has 1 atom stereocenters. The third-order valence-electron chi connectivity index (χ3n) is 2.19. The summed E-state index contributed by atoms with van der Waals surface area (Å²) >= 11 is 0. The van der Waals surface area contributed by atoms with Crippen LogP contribution in [-0.4, -0.2) is 47.3 Å². The first-order chi connectivity index (χ1) is 8.56. The molecule has 0 aliphatic carbocycles. The summed E-state index contributed by atoms with van der Waals surface area (Å²) in [7, 11) is 1.46. The predicted octanol–water partition coefficient (Wildman–Crippen LogP) is -1.81. The van der Waals surface area contributed by atoms with Crippen molar-refractivity contribution in [1.82, 2.24) is 15.3 Å². The minimum atomic E-state index is -0.752. The van der Waals surface area contributed by atoms with E-state index in [4.69, 9.17) is 9.84 Å². The van der Waals surface area contributed by atoms with Gasteiger partial charge in [0.15, 0.2) is 0 Å². The molecule has 100 valence electrons. The van der Waals surface area contributed by atoms with Crippen molar-refractivity contribution in [3.8, 4) is 0 Å². The van der Waals surface area contributed by atoms with Gasteiger partial charge in [-0.05, 0) is 6.42 Å². The Morgan fingerprint density at radius 2 is 2.22 bits per heavy atom. The molecule has 1 aromatic rings. The van der Waals surface area contributed by atoms with Crippen LogP contribution in [0.1, 0.15) is 16.9 Å². The van der Waals surface area contributed by atoms with Crippen LogP contribution in [0.2, 0.25) is 0 Å². The zero-order chi connectivity index (χ0) is 13.5. The van der Waals surface area contributed by atoms with Crippen molar-refractivity contribution in [1.29, 1.82) is 0 Å². The summed E-state index contributed by atoms with van der Waals surface area (Å²) in [5.41, 5.74) is -1.55. The average Bonchev–Trinajstić information content (AvgIpc) is 2.28. The number of H-pyrrole nitrogens is 2. The van der Waals surface area contributed by atoms with Crippen LogP contribution < -0.4 is 16.6 Å². The van der Waals surface area contributed by atoms with Gasteiger partial charge >= 0.3 is 5.69 Å². The fourth-order valence-corrected chi connectivity index (χ4v) is 1.41. The molecule has 0 spiro atoms. The SMILES string of the molecule is COCC(CCO)NC(=O)c1cc(=O)[nH]c(=O)[nH]1. The van der Waals surface area contributed by atoms with Gasteiger partial charge in [0.05, 0.1) is 12.6 Å². The first kappa shape index (κ1) is 14.1. The highest BCUT2D eigenvalue weighted by Gasteiger charge is 2.14. The molecule has 1 aromatic heterocycles. The second kappa shape index (κ2) is 6.72. The van der Waals surface area contributed by atoms with E-state index in [1.54, 1.807) is 0 Å². The van der Waals surface area contributed by atoms with Gasteiger partial charge in [0.2, 0.25) is 0 Å². The molecular weight excluding hydrogens is 242 g/mol. The number of methoxy groups -OCH3 is 1. The van der Waals surface area contributed by atoms with Gasteiger partial charge in [-0.15, -0.1) is 0 Å². The van der Waals surface area contributed by atoms with Crippen molar-refractivity contribution in [2.24, 2.45) is 0 Å². The van der Waals surface area contributed by atoms with Crippen molar-refractivity contribution < 1.29 is 14.6 Å². The summed E-state index contributed by atoms with van der Waals surface area (Å²) < 4.78 is 4.88. The van der Waals surface area contributed by atoms with Crippen LogP contribution in [-0.2, 0) is 4.74 Å². The maximum atomic E-state index is 11.7. The Bertz CT molecular complexity index is 472. The number of carbonyl (C=O) groups excluding carboxylic acids is 1. The Hall–Kier alpha value is -1.93. The molecule has 0 saturated heterocycles. The zero-order valence-electron chi connectivity index (χ0n) is 9.86. The number of ether oxygens (including phenoxy) is 1.